The summed E-state index contributed by atoms with van der Waals surface area (Å²) in [6.07, 6.45) is -0.596. The lowest BCUT2D eigenvalue weighted by Gasteiger charge is -2.30. The number of ether oxygens (including phenoxy) is 2. The summed E-state index contributed by atoms with van der Waals surface area (Å²) in [4.78, 5) is 17.9. The van der Waals surface area contributed by atoms with Crippen molar-refractivity contribution in [2.75, 3.05) is 26.8 Å². The lowest BCUT2D eigenvalue weighted by Crippen LogP contribution is -2.43. The number of aromatic nitrogens is 2. The molecule has 0 bridgehead atoms. The summed E-state index contributed by atoms with van der Waals surface area (Å²) < 4.78 is 51.2. The maximum absolute atomic E-state index is 12.8. The maximum atomic E-state index is 12.8. The SMILES string of the molecule is CCOc1ccn2c(-c3cc4c(c(OC)c3)C(=O)N(CC(F)(F)F)CC4)cnc2c1. The minimum atomic E-state index is -4.45. The molecule has 3 aromatic rings. The smallest absolute Gasteiger partial charge is 0.406 e. The number of benzene rings is 1. The number of halogens is 3. The molecule has 0 unspecified atom stereocenters. The molecule has 1 aliphatic rings. The van der Waals surface area contributed by atoms with Crippen molar-refractivity contribution in [3.05, 3.63) is 47.8 Å². The number of alkyl halides is 3. The van der Waals surface area contributed by atoms with Crippen LogP contribution in [0.2, 0.25) is 0 Å². The zero-order valence-electron chi connectivity index (χ0n) is 16.5. The molecule has 9 heteroatoms. The molecule has 1 amide bonds. The van der Waals surface area contributed by atoms with Crippen LogP contribution in [0.25, 0.3) is 16.9 Å². The Hall–Kier alpha value is -3.23. The molecule has 0 atom stereocenters. The van der Waals surface area contributed by atoms with Crippen LogP contribution in [-0.4, -0.2) is 53.2 Å². The number of rotatable bonds is 5. The van der Waals surface area contributed by atoms with E-state index in [-0.39, 0.29) is 17.9 Å². The monoisotopic (exact) mass is 419 g/mol. The predicted octanol–water partition coefficient (Wildman–Crippen LogP) is 3.97. The van der Waals surface area contributed by atoms with Crippen molar-refractivity contribution in [1.29, 1.82) is 0 Å². The fourth-order valence-corrected chi connectivity index (χ4v) is 3.74. The van der Waals surface area contributed by atoms with E-state index in [4.69, 9.17) is 9.47 Å². The Bertz CT molecular complexity index is 1090. The van der Waals surface area contributed by atoms with Crippen LogP contribution in [-0.2, 0) is 6.42 Å². The van der Waals surface area contributed by atoms with Gasteiger partial charge in [0.2, 0.25) is 0 Å². The third-order valence-electron chi connectivity index (χ3n) is 5.02. The molecular formula is C21H20F3N3O3. The van der Waals surface area contributed by atoms with Crippen LogP contribution in [0.15, 0.2) is 36.7 Å². The average Bonchev–Trinajstić information content (AvgIpc) is 3.12. The third kappa shape index (κ3) is 3.67. The van der Waals surface area contributed by atoms with Crippen molar-refractivity contribution < 1.29 is 27.4 Å². The van der Waals surface area contributed by atoms with Gasteiger partial charge >= 0.3 is 6.18 Å². The van der Waals surface area contributed by atoms with Crippen LogP contribution in [0, 0.1) is 0 Å². The van der Waals surface area contributed by atoms with E-state index >= 15 is 0 Å². The highest BCUT2D eigenvalue weighted by atomic mass is 19.4. The summed E-state index contributed by atoms with van der Waals surface area (Å²) in [7, 11) is 1.40. The van der Waals surface area contributed by atoms with Crippen molar-refractivity contribution in [2.45, 2.75) is 19.5 Å². The minimum absolute atomic E-state index is 0.00280. The molecule has 0 N–H and O–H groups in total. The van der Waals surface area contributed by atoms with E-state index in [0.717, 1.165) is 16.2 Å². The normalized spacial score (nSPS) is 14.2. The van der Waals surface area contributed by atoms with Gasteiger partial charge in [0.05, 0.1) is 31.2 Å². The zero-order valence-corrected chi connectivity index (χ0v) is 16.5. The van der Waals surface area contributed by atoms with Gasteiger partial charge in [0.15, 0.2) is 0 Å². The fraction of sp³-hybridized carbons (Fsp3) is 0.333. The second-order valence-electron chi connectivity index (χ2n) is 6.97. The van der Waals surface area contributed by atoms with Crippen LogP contribution >= 0.6 is 0 Å². The molecule has 4 rings (SSSR count). The number of imidazole rings is 1. The van der Waals surface area contributed by atoms with E-state index in [1.54, 1.807) is 12.3 Å². The van der Waals surface area contributed by atoms with Gasteiger partial charge in [-0.05, 0) is 37.1 Å². The molecule has 30 heavy (non-hydrogen) atoms. The molecule has 0 saturated carbocycles. The average molecular weight is 419 g/mol. The number of amides is 1. The second kappa shape index (κ2) is 7.55. The Balaban J connectivity index is 1.74. The number of hydrogen-bond acceptors (Lipinski definition) is 4. The third-order valence-corrected chi connectivity index (χ3v) is 5.02. The quantitative estimate of drug-likeness (QED) is 0.628. The first-order valence-electron chi connectivity index (χ1n) is 9.48. The van der Waals surface area contributed by atoms with Gasteiger partial charge < -0.3 is 14.4 Å². The second-order valence-corrected chi connectivity index (χ2v) is 6.97. The molecular weight excluding hydrogens is 399 g/mol. The van der Waals surface area contributed by atoms with Gasteiger partial charge in [0, 0.05) is 24.4 Å². The van der Waals surface area contributed by atoms with Crippen molar-refractivity contribution >= 4 is 11.6 Å². The molecule has 2 aromatic heterocycles. The summed E-state index contributed by atoms with van der Waals surface area (Å²) in [6, 6.07) is 7.13. The van der Waals surface area contributed by atoms with Crippen LogP contribution in [0.4, 0.5) is 13.2 Å². The molecule has 158 valence electrons. The van der Waals surface area contributed by atoms with Crippen molar-refractivity contribution in [3.63, 3.8) is 0 Å². The minimum Gasteiger partial charge on any atom is -0.496 e. The number of methoxy groups -OCH3 is 1. The molecule has 6 nitrogen and oxygen atoms in total. The van der Waals surface area contributed by atoms with E-state index < -0.39 is 18.6 Å². The Kier molecular flexibility index (Phi) is 5.05. The molecule has 0 saturated heterocycles. The number of fused-ring (bicyclic) bond motifs is 2. The number of carbonyl (C=O) groups excluding carboxylic acids is 1. The van der Waals surface area contributed by atoms with E-state index in [1.165, 1.54) is 7.11 Å². The van der Waals surface area contributed by atoms with Gasteiger partial charge in [-0.15, -0.1) is 0 Å². The van der Waals surface area contributed by atoms with Gasteiger partial charge in [-0.2, -0.15) is 13.2 Å². The van der Waals surface area contributed by atoms with Crippen molar-refractivity contribution in [2.24, 2.45) is 0 Å². The zero-order chi connectivity index (χ0) is 21.5. The molecule has 0 spiro atoms. The van der Waals surface area contributed by atoms with Gasteiger partial charge in [-0.1, -0.05) is 0 Å². The molecule has 1 aliphatic heterocycles. The lowest BCUT2D eigenvalue weighted by molar-refractivity contribution is -0.141. The summed E-state index contributed by atoms with van der Waals surface area (Å²) in [5.74, 6) is 0.289. The first kappa shape index (κ1) is 20.1. The summed E-state index contributed by atoms with van der Waals surface area (Å²) >= 11 is 0. The highest BCUT2D eigenvalue weighted by Crippen LogP contribution is 2.35. The topological polar surface area (TPSA) is 56.1 Å². The number of pyridine rings is 1. The number of carbonyl (C=O) groups is 1. The van der Waals surface area contributed by atoms with Gasteiger partial charge in [-0.3, -0.25) is 9.20 Å². The Morgan fingerprint density at radius 2 is 2.03 bits per heavy atom. The van der Waals surface area contributed by atoms with Crippen molar-refractivity contribution in [1.82, 2.24) is 14.3 Å². The number of hydrogen-bond donors (Lipinski definition) is 0. The van der Waals surface area contributed by atoms with Crippen LogP contribution < -0.4 is 9.47 Å². The van der Waals surface area contributed by atoms with Gasteiger partial charge in [-0.25, -0.2) is 4.98 Å². The van der Waals surface area contributed by atoms with E-state index in [9.17, 15) is 18.0 Å². The number of nitrogens with zero attached hydrogens (tertiary/aromatic N) is 3. The maximum Gasteiger partial charge on any atom is 0.406 e. The fourth-order valence-electron chi connectivity index (χ4n) is 3.74. The predicted molar refractivity (Wildman–Crippen MR) is 104 cm³/mol. The summed E-state index contributed by atoms with van der Waals surface area (Å²) in [5, 5.41) is 0. The largest absolute Gasteiger partial charge is 0.496 e. The highest BCUT2D eigenvalue weighted by Gasteiger charge is 2.37. The Morgan fingerprint density at radius 3 is 2.73 bits per heavy atom. The van der Waals surface area contributed by atoms with E-state index in [0.29, 0.717) is 30.0 Å². The lowest BCUT2D eigenvalue weighted by atomic mass is 9.94. The van der Waals surface area contributed by atoms with Crippen LogP contribution in [0.3, 0.4) is 0 Å². The standard InChI is InChI=1S/C21H20F3N3O3/c1-3-30-15-5-7-27-16(11-25-18(27)10-15)14-8-13-4-6-26(12-21(22,23)24)20(28)19(13)17(9-14)29-2/h5,7-11H,3-4,6,12H2,1-2H3. The van der Waals surface area contributed by atoms with Gasteiger partial charge in [0.1, 0.15) is 23.7 Å². The van der Waals surface area contributed by atoms with E-state index in [2.05, 4.69) is 4.98 Å². The summed E-state index contributed by atoms with van der Waals surface area (Å²) in [6.45, 7) is 1.18. The Morgan fingerprint density at radius 1 is 1.23 bits per heavy atom. The molecule has 1 aromatic carbocycles. The first-order valence-corrected chi connectivity index (χ1v) is 9.48. The molecule has 0 fully saturated rings. The Labute approximate surface area is 170 Å². The summed E-state index contributed by atoms with van der Waals surface area (Å²) in [5.41, 5.74) is 3.08. The highest BCUT2D eigenvalue weighted by molar-refractivity contribution is 6.00. The first-order chi connectivity index (χ1) is 14.3. The molecule has 3 heterocycles. The van der Waals surface area contributed by atoms with Crippen LogP contribution in [0.1, 0.15) is 22.8 Å². The van der Waals surface area contributed by atoms with E-state index in [1.807, 2.05) is 35.7 Å². The van der Waals surface area contributed by atoms with Crippen LogP contribution in [0.5, 0.6) is 11.5 Å². The van der Waals surface area contributed by atoms with Gasteiger partial charge in [0.25, 0.3) is 5.91 Å². The molecule has 0 radical (unpaired) electrons. The van der Waals surface area contributed by atoms with Crippen molar-refractivity contribution in [3.8, 4) is 22.8 Å². The molecule has 0 aliphatic carbocycles.